The summed E-state index contributed by atoms with van der Waals surface area (Å²) in [5.41, 5.74) is 1.34. The Bertz CT molecular complexity index is 1260. The summed E-state index contributed by atoms with van der Waals surface area (Å²) in [5.74, 6) is 0.0980. The average Bonchev–Trinajstić information content (AvgIpc) is 3.48. The monoisotopic (exact) mass is 471 g/mol. The molecule has 0 saturated carbocycles. The highest BCUT2D eigenvalue weighted by Gasteiger charge is 2.26. The first kappa shape index (κ1) is 20.8. The first-order valence-corrected chi connectivity index (χ1v) is 11.4. The molecule has 1 saturated heterocycles. The topological polar surface area (TPSA) is 99.7 Å². The number of aromatic nitrogens is 5. The number of fused-ring (bicyclic) bond motifs is 1. The Morgan fingerprint density at radius 2 is 2.25 bits per heavy atom. The minimum Gasteiger partial charge on any atom is -0.367 e. The molecule has 0 bridgehead atoms. The van der Waals surface area contributed by atoms with E-state index in [0.717, 1.165) is 24.4 Å². The number of hydrogen-bond acceptors (Lipinski definition) is 7. The zero-order chi connectivity index (χ0) is 22.1. The Balaban J connectivity index is 1.30. The number of H-pyrrole nitrogens is 1. The zero-order valence-corrected chi connectivity index (χ0v) is 18.5. The molecule has 0 radical (unpaired) electrons. The van der Waals surface area contributed by atoms with Crippen molar-refractivity contribution < 1.29 is 9.18 Å². The largest absolute Gasteiger partial charge is 0.367 e. The van der Waals surface area contributed by atoms with E-state index in [1.165, 1.54) is 11.3 Å². The zero-order valence-electron chi connectivity index (χ0n) is 16.9. The van der Waals surface area contributed by atoms with E-state index >= 15 is 0 Å². The van der Waals surface area contributed by atoms with Gasteiger partial charge in [0.25, 0.3) is 5.91 Å². The number of nitrogens with one attached hydrogen (secondary N) is 2. The van der Waals surface area contributed by atoms with Crippen molar-refractivity contribution in [1.82, 2.24) is 29.8 Å². The minimum atomic E-state index is -0.531. The van der Waals surface area contributed by atoms with Gasteiger partial charge in [-0.15, -0.1) is 11.3 Å². The number of halogens is 2. The summed E-state index contributed by atoms with van der Waals surface area (Å²) >= 11 is 7.41. The molecule has 1 aliphatic rings. The van der Waals surface area contributed by atoms with E-state index in [2.05, 4.69) is 30.2 Å². The summed E-state index contributed by atoms with van der Waals surface area (Å²) in [4.78, 5) is 34.4. The number of carbonyl (C=O) groups is 1. The second-order valence-corrected chi connectivity index (χ2v) is 8.95. The van der Waals surface area contributed by atoms with Crippen molar-refractivity contribution in [2.75, 3.05) is 25.0 Å². The molecule has 8 nitrogen and oxygen atoms in total. The molecule has 1 amide bonds. The highest BCUT2D eigenvalue weighted by molar-refractivity contribution is 7.11. The maximum absolute atomic E-state index is 14.4. The van der Waals surface area contributed by atoms with Crippen molar-refractivity contribution in [2.45, 2.75) is 12.8 Å². The number of aromatic amines is 1. The average molecular weight is 472 g/mol. The van der Waals surface area contributed by atoms with Crippen LogP contribution in [0.15, 0.2) is 36.2 Å². The molecule has 0 aromatic carbocycles. The first-order valence-electron chi connectivity index (χ1n) is 10.2. The van der Waals surface area contributed by atoms with Crippen molar-refractivity contribution in [3.63, 3.8) is 0 Å². The lowest BCUT2D eigenvalue weighted by molar-refractivity contribution is 0.0679. The lowest BCUT2D eigenvalue weighted by atomic mass is 9.98. The molecule has 4 aromatic heterocycles. The molecule has 32 heavy (non-hydrogen) atoms. The van der Waals surface area contributed by atoms with Crippen LogP contribution in [-0.4, -0.2) is 55.4 Å². The number of piperidine rings is 1. The number of hydrogen-bond donors (Lipinski definition) is 2. The minimum absolute atomic E-state index is 0.0493. The van der Waals surface area contributed by atoms with Gasteiger partial charge in [0.05, 0.1) is 11.2 Å². The maximum atomic E-state index is 14.4. The van der Waals surface area contributed by atoms with Crippen LogP contribution in [0.25, 0.3) is 22.4 Å². The van der Waals surface area contributed by atoms with E-state index in [9.17, 15) is 9.18 Å². The highest BCUT2D eigenvalue weighted by atomic mass is 35.5. The number of carbonyl (C=O) groups excluding carboxylic acids is 1. The number of anilines is 1. The fourth-order valence-corrected chi connectivity index (χ4v) is 4.67. The van der Waals surface area contributed by atoms with Crippen molar-refractivity contribution >= 4 is 45.7 Å². The number of nitrogens with zero attached hydrogens (tertiary/aromatic N) is 5. The van der Waals surface area contributed by atoms with Crippen LogP contribution in [0.2, 0.25) is 5.02 Å². The Labute approximate surface area is 191 Å². The normalized spacial score (nSPS) is 16.4. The molecule has 5 heterocycles. The van der Waals surface area contributed by atoms with Crippen LogP contribution in [0.5, 0.6) is 0 Å². The Morgan fingerprint density at radius 3 is 3.09 bits per heavy atom. The number of rotatable bonds is 5. The Hall–Kier alpha value is -3.11. The van der Waals surface area contributed by atoms with Crippen LogP contribution in [0.3, 0.4) is 0 Å². The summed E-state index contributed by atoms with van der Waals surface area (Å²) in [6, 6.07) is 1.77. The molecular formula is C21H19ClFN7OS. The van der Waals surface area contributed by atoms with Gasteiger partial charge in [-0.3, -0.25) is 4.79 Å². The maximum Gasteiger partial charge on any atom is 0.282 e. The molecule has 5 rings (SSSR count). The van der Waals surface area contributed by atoms with Crippen LogP contribution >= 0.6 is 22.9 Å². The summed E-state index contributed by atoms with van der Waals surface area (Å²) in [6.45, 7) is 1.80. The van der Waals surface area contributed by atoms with Gasteiger partial charge in [0.2, 0.25) is 0 Å². The standard InChI is InChI=1S/C21H19ClFN7OS/c22-13-6-14-15(9-27-17(14)26-8-13)18-28-10-16(23)19(29-18)25-7-12-2-1-4-30(11-12)21(31)20-24-3-5-32-20/h3,5-6,8-10,12H,1-2,4,7,11H2,(H,26,27)(H,25,28,29). The summed E-state index contributed by atoms with van der Waals surface area (Å²) in [7, 11) is 0. The molecule has 0 aliphatic carbocycles. The third-order valence-electron chi connectivity index (χ3n) is 5.46. The molecular weight excluding hydrogens is 453 g/mol. The van der Waals surface area contributed by atoms with Crippen LogP contribution in [-0.2, 0) is 0 Å². The molecule has 1 aliphatic heterocycles. The molecule has 164 valence electrons. The van der Waals surface area contributed by atoms with Gasteiger partial charge < -0.3 is 15.2 Å². The van der Waals surface area contributed by atoms with E-state index in [4.69, 9.17) is 11.6 Å². The molecule has 2 N–H and O–H groups in total. The van der Waals surface area contributed by atoms with E-state index in [1.807, 2.05) is 4.90 Å². The van der Waals surface area contributed by atoms with Gasteiger partial charge in [-0.1, -0.05) is 11.6 Å². The van der Waals surface area contributed by atoms with E-state index < -0.39 is 5.82 Å². The quantitative estimate of drug-likeness (QED) is 0.451. The lowest BCUT2D eigenvalue weighted by Gasteiger charge is -2.32. The summed E-state index contributed by atoms with van der Waals surface area (Å²) in [6.07, 6.45) is 7.91. The van der Waals surface area contributed by atoms with Gasteiger partial charge in [0, 0.05) is 54.6 Å². The number of pyridine rings is 1. The summed E-state index contributed by atoms with van der Waals surface area (Å²) in [5, 5.41) is 6.66. The number of amides is 1. The van der Waals surface area contributed by atoms with Crippen LogP contribution in [0.1, 0.15) is 22.6 Å². The third kappa shape index (κ3) is 4.15. The Morgan fingerprint density at radius 1 is 1.34 bits per heavy atom. The summed E-state index contributed by atoms with van der Waals surface area (Å²) < 4.78 is 14.4. The molecule has 1 unspecified atom stereocenters. The Kier molecular flexibility index (Phi) is 5.71. The second kappa shape index (κ2) is 8.79. The van der Waals surface area contributed by atoms with Crippen LogP contribution < -0.4 is 5.32 Å². The van der Waals surface area contributed by atoms with Crippen LogP contribution in [0.4, 0.5) is 10.2 Å². The van der Waals surface area contributed by atoms with E-state index in [-0.39, 0.29) is 17.6 Å². The lowest BCUT2D eigenvalue weighted by Crippen LogP contribution is -2.41. The molecule has 1 fully saturated rings. The van der Waals surface area contributed by atoms with Gasteiger partial charge in [0.1, 0.15) is 5.65 Å². The van der Waals surface area contributed by atoms with Crippen LogP contribution in [0, 0.1) is 11.7 Å². The molecule has 11 heteroatoms. The smallest absolute Gasteiger partial charge is 0.282 e. The van der Waals surface area contributed by atoms with Gasteiger partial charge >= 0.3 is 0 Å². The third-order valence-corrected chi connectivity index (χ3v) is 6.43. The van der Waals surface area contributed by atoms with E-state index in [1.54, 1.807) is 30.0 Å². The predicted molar refractivity (Wildman–Crippen MR) is 121 cm³/mol. The SMILES string of the molecule is O=C(c1nccs1)N1CCCC(CNc2nc(-c3c[nH]c4ncc(Cl)cc34)ncc2F)C1. The molecule has 1 atom stereocenters. The van der Waals surface area contributed by atoms with Gasteiger partial charge in [-0.25, -0.2) is 24.3 Å². The van der Waals surface area contributed by atoms with E-state index in [0.29, 0.717) is 46.7 Å². The predicted octanol–water partition coefficient (Wildman–Crippen LogP) is 4.23. The molecule has 0 spiro atoms. The van der Waals surface area contributed by atoms with Crippen molar-refractivity contribution in [2.24, 2.45) is 5.92 Å². The molecule has 4 aromatic rings. The fraction of sp³-hybridized carbons (Fsp3) is 0.286. The van der Waals surface area contributed by atoms with Crippen molar-refractivity contribution in [1.29, 1.82) is 0 Å². The fourth-order valence-electron chi connectivity index (χ4n) is 3.91. The van der Waals surface area contributed by atoms with Gasteiger partial charge in [0.15, 0.2) is 22.5 Å². The number of thiazole rings is 1. The first-order chi connectivity index (χ1) is 15.6. The van der Waals surface area contributed by atoms with Gasteiger partial charge in [-0.05, 0) is 24.8 Å². The second-order valence-electron chi connectivity index (χ2n) is 7.62. The van der Waals surface area contributed by atoms with Crippen molar-refractivity contribution in [3.05, 3.63) is 52.1 Å². The number of likely N-dealkylation sites (tertiary alicyclic amines) is 1. The highest BCUT2D eigenvalue weighted by Crippen LogP contribution is 2.28. The van der Waals surface area contributed by atoms with Gasteiger partial charge in [-0.2, -0.15) is 0 Å². The van der Waals surface area contributed by atoms with Crippen molar-refractivity contribution in [3.8, 4) is 11.4 Å².